The molecule has 0 bridgehead atoms. The molecule has 0 spiro atoms. The minimum Gasteiger partial charge on any atom is -0.379 e. The van der Waals surface area contributed by atoms with Gasteiger partial charge in [0, 0.05) is 13.1 Å². The highest BCUT2D eigenvalue weighted by atomic mass is 79.9. The lowest BCUT2D eigenvalue weighted by atomic mass is 9.92. The van der Waals surface area contributed by atoms with Crippen LogP contribution < -0.4 is 5.73 Å². The van der Waals surface area contributed by atoms with Gasteiger partial charge in [0.1, 0.15) is 5.82 Å². The van der Waals surface area contributed by atoms with Crippen molar-refractivity contribution in [3.63, 3.8) is 0 Å². The second-order valence-corrected chi connectivity index (χ2v) is 5.81. The van der Waals surface area contributed by atoms with E-state index in [1.807, 2.05) is 11.0 Å². The first-order chi connectivity index (χ1) is 8.90. The number of hydrogen-bond donors (Lipinski definition) is 2. The first kappa shape index (κ1) is 14.4. The smallest absolute Gasteiger partial charge is 0.250 e. The Kier molecular flexibility index (Phi) is 4.23. The zero-order valence-corrected chi connectivity index (χ0v) is 12.0. The van der Waals surface area contributed by atoms with Crippen LogP contribution in [-0.2, 0) is 11.3 Å². The van der Waals surface area contributed by atoms with Crippen LogP contribution in [0.5, 0.6) is 0 Å². The summed E-state index contributed by atoms with van der Waals surface area (Å²) < 4.78 is 13.8. The molecule has 1 saturated heterocycles. The Balaban J connectivity index is 2.06. The van der Waals surface area contributed by atoms with Gasteiger partial charge in [-0.05, 0) is 53.0 Å². The van der Waals surface area contributed by atoms with Gasteiger partial charge in [0.15, 0.2) is 5.60 Å². The lowest BCUT2D eigenvalue weighted by molar-refractivity contribution is -0.142. The van der Waals surface area contributed by atoms with Gasteiger partial charge in [0.25, 0.3) is 5.91 Å². The molecule has 3 N–H and O–H groups in total. The van der Waals surface area contributed by atoms with E-state index in [-0.39, 0.29) is 12.4 Å². The third kappa shape index (κ3) is 3.32. The fraction of sp³-hybridized carbons (Fsp3) is 0.462. The van der Waals surface area contributed by atoms with E-state index in [2.05, 4.69) is 15.9 Å². The highest BCUT2D eigenvalue weighted by molar-refractivity contribution is 9.10. The fourth-order valence-corrected chi connectivity index (χ4v) is 2.60. The predicted molar refractivity (Wildman–Crippen MR) is 72.8 cm³/mol. The first-order valence-corrected chi connectivity index (χ1v) is 6.88. The Bertz CT molecular complexity index is 498. The van der Waals surface area contributed by atoms with Gasteiger partial charge in [0.2, 0.25) is 0 Å². The van der Waals surface area contributed by atoms with E-state index in [9.17, 15) is 14.3 Å². The molecular formula is C13H16BrFN2O2. The lowest BCUT2D eigenvalue weighted by Crippen LogP contribution is -2.55. The maximum Gasteiger partial charge on any atom is 0.250 e. The maximum atomic E-state index is 13.4. The Labute approximate surface area is 119 Å². The monoisotopic (exact) mass is 330 g/mol. The summed E-state index contributed by atoms with van der Waals surface area (Å²) in [6, 6.07) is 4.90. The maximum absolute atomic E-state index is 13.4. The van der Waals surface area contributed by atoms with Crippen molar-refractivity contribution in [2.24, 2.45) is 5.73 Å². The summed E-state index contributed by atoms with van der Waals surface area (Å²) in [6.07, 6.45) is 1.08. The van der Waals surface area contributed by atoms with Crippen molar-refractivity contribution >= 4 is 21.8 Å². The van der Waals surface area contributed by atoms with Crippen molar-refractivity contribution in [3.05, 3.63) is 34.1 Å². The number of nitrogens with zero attached hydrogens (tertiary/aromatic N) is 1. The molecule has 1 heterocycles. The number of carbonyl (C=O) groups excluding carboxylic acids is 1. The molecule has 1 atom stereocenters. The fourth-order valence-electron chi connectivity index (χ4n) is 2.36. The van der Waals surface area contributed by atoms with Crippen LogP contribution in [0.4, 0.5) is 4.39 Å². The normalized spacial score (nSPS) is 24.4. The number of benzene rings is 1. The minimum absolute atomic E-state index is 0.194. The molecule has 0 unspecified atom stereocenters. The summed E-state index contributed by atoms with van der Waals surface area (Å²) >= 11 is 3.10. The molecule has 0 aromatic heterocycles. The largest absolute Gasteiger partial charge is 0.379 e. The van der Waals surface area contributed by atoms with E-state index < -0.39 is 11.5 Å². The molecule has 1 aromatic carbocycles. The van der Waals surface area contributed by atoms with Crippen molar-refractivity contribution in [2.75, 3.05) is 13.1 Å². The molecule has 6 heteroatoms. The third-order valence-corrected chi connectivity index (χ3v) is 4.04. The average molecular weight is 331 g/mol. The number of carbonyl (C=O) groups is 1. The van der Waals surface area contributed by atoms with Crippen molar-refractivity contribution in [2.45, 2.75) is 25.0 Å². The highest BCUT2D eigenvalue weighted by Gasteiger charge is 2.38. The summed E-state index contributed by atoms with van der Waals surface area (Å²) in [5, 5.41) is 10.1. The molecule has 1 aliphatic rings. The number of aliphatic hydroxyl groups is 1. The van der Waals surface area contributed by atoms with Crippen molar-refractivity contribution in [1.82, 2.24) is 4.90 Å². The second kappa shape index (κ2) is 5.56. The van der Waals surface area contributed by atoms with Crippen molar-refractivity contribution in [3.8, 4) is 0 Å². The molecule has 0 radical (unpaired) electrons. The van der Waals surface area contributed by atoms with Gasteiger partial charge >= 0.3 is 0 Å². The Morgan fingerprint density at radius 2 is 2.32 bits per heavy atom. The predicted octanol–water partition coefficient (Wildman–Crippen LogP) is 1.40. The summed E-state index contributed by atoms with van der Waals surface area (Å²) in [5.41, 5.74) is 4.55. The topological polar surface area (TPSA) is 66.6 Å². The van der Waals surface area contributed by atoms with Gasteiger partial charge in [-0.3, -0.25) is 9.69 Å². The van der Waals surface area contributed by atoms with E-state index in [1.165, 1.54) is 6.07 Å². The molecule has 1 fully saturated rings. The van der Waals surface area contributed by atoms with E-state index in [4.69, 9.17) is 5.73 Å². The van der Waals surface area contributed by atoms with Crippen LogP contribution in [0.3, 0.4) is 0 Å². The number of rotatable bonds is 3. The molecule has 1 aromatic rings. The number of likely N-dealkylation sites (tertiary alicyclic amines) is 1. The van der Waals surface area contributed by atoms with Crippen LogP contribution in [0.2, 0.25) is 0 Å². The zero-order chi connectivity index (χ0) is 14.0. The van der Waals surface area contributed by atoms with E-state index in [1.54, 1.807) is 6.07 Å². The van der Waals surface area contributed by atoms with E-state index in [0.29, 0.717) is 23.9 Å². The van der Waals surface area contributed by atoms with Gasteiger partial charge in [-0.25, -0.2) is 4.39 Å². The first-order valence-electron chi connectivity index (χ1n) is 6.09. The molecule has 4 nitrogen and oxygen atoms in total. The number of piperidine rings is 1. The second-order valence-electron chi connectivity index (χ2n) is 4.96. The van der Waals surface area contributed by atoms with Crippen LogP contribution in [-0.4, -0.2) is 34.6 Å². The SMILES string of the molecule is NC(=O)[C@@]1(O)CCCN(Cc2ccc(Br)c(F)c2)C1. The third-order valence-electron chi connectivity index (χ3n) is 3.40. The van der Waals surface area contributed by atoms with Crippen LogP contribution in [0.15, 0.2) is 22.7 Å². The molecule has 1 aliphatic heterocycles. The quantitative estimate of drug-likeness (QED) is 0.880. The Hall–Kier alpha value is -0.980. The number of halogens is 2. The van der Waals surface area contributed by atoms with Crippen LogP contribution in [0.25, 0.3) is 0 Å². The van der Waals surface area contributed by atoms with E-state index in [0.717, 1.165) is 12.1 Å². The molecule has 0 aliphatic carbocycles. The number of β-amino-alcohol motifs (C(OH)–C–C–N with tert-alkyl or cyclic N) is 1. The number of hydrogen-bond acceptors (Lipinski definition) is 3. The number of nitrogens with two attached hydrogens (primary N) is 1. The summed E-state index contributed by atoms with van der Waals surface area (Å²) in [6.45, 7) is 1.44. The van der Waals surface area contributed by atoms with E-state index >= 15 is 0 Å². The molecule has 1 amide bonds. The molecule has 104 valence electrons. The molecule has 0 saturated carbocycles. The average Bonchev–Trinajstić information content (AvgIpc) is 2.34. The Morgan fingerprint density at radius 1 is 1.58 bits per heavy atom. The standard InChI is InChI=1S/C13H16BrFN2O2/c14-10-3-2-9(6-11(10)15)7-17-5-1-4-13(19,8-17)12(16)18/h2-3,6,19H,1,4-5,7-8H2,(H2,16,18)/t13-/m1/s1. The highest BCUT2D eigenvalue weighted by Crippen LogP contribution is 2.23. The van der Waals surface area contributed by atoms with Crippen LogP contribution in [0, 0.1) is 5.82 Å². The van der Waals surface area contributed by atoms with Crippen molar-refractivity contribution < 1.29 is 14.3 Å². The molecule has 19 heavy (non-hydrogen) atoms. The van der Waals surface area contributed by atoms with Gasteiger partial charge in [0.05, 0.1) is 4.47 Å². The number of amides is 1. The summed E-state index contributed by atoms with van der Waals surface area (Å²) in [4.78, 5) is 13.2. The van der Waals surface area contributed by atoms with Gasteiger partial charge in [-0.1, -0.05) is 6.07 Å². The zero-order valence-electron chi connectivity index (χ0n) is 10.4. The van der Waals surface area contributed by atoms with Crippen molar-refractivity contribution in [1.29, 1.82) is 0 Å². The lowest BCUT2D eigenvalue weighted by Gasteiger charge is -2.37. The summed E-state index contributed by atoms with van der Waals surface area (Å²) in [5.74, 6) is -1.01. The van der Waals surface area contributed by atoms with Crippen LogP contribution in [0.1, 0.15) is 18.4 Å². The van der Waals surface area contributed by atoms with Crippen LogP contribution >= 0.6 is 15.9 Å². The van der Waals surface area contributed by atoms with Gasteiger partial charge in [-0.2, -0.15) is 0 Å². The summed E-state index contributed by atoms with van der Waals surface area (Å²) in [7, 11) is 0. The molecular weight excluding hydrogens is 315 g/mol. The minimum atomic E-state index is -1.47. The molecule has 2 rings (SSSR count). The Morgan fingerprint density at radius 3 is 2.95 bits per heavy atom. The van der Waals surface area contributed by atoms with Gasteiger partial charge in [-0.15, -0.1) is 0 Å². The number of primary amides is 1. The van der Waals surface area contributed by atoms with Gasteiger partial charge < -0.3 is 10.8 Å².